The van der Waals surface area contributed by atoms with Gasteiger partial charge in [-0.3, -0.25) is 0 Å². The van der Waals surface area contributed by atoms with Crippen LogP contribution in [-0.2, 0) is 6.42 Å². The predicted molar refractivity (Wildman–Crippen MR) is 64.7 cm³/mol. The van der Waals surface area contributed by atoms with Gasteiger partial charge in [-0.15, -0.1) is 11.8 Å². The summed E-state index contributed by atoms with van der Waals surface area (Å²) in [5, 5.41) is 0. The molecular weight excluding hydrogens is 228 g/mol. The van der Waals surface area contributed by atoms with Crippen molar-refractivity contribution in [1.29, 1.82) is 0 Å². The summed E-state index contributed by atoms with van der Waals surface area (Å²) in [4.78, 5) is 0.0910. The van der Waals surface area contributed by atoms with Crippen molar-refractivity contribution in [3.05, 3.63) is 29.3 Å². The molecule has 0 unspecified atom stereocenters. The quantitative estimate of drug-likeness (QED) is 0.826. The normalized spacial score (nSPS) is 11.9. The molecule has 0 radical (unpaired) electrons. The Labute approximate surface area is 99.4 Å². The van der Waals surface area contributed by atoms with Gasteiger partial charge in [0.15, 0.2) is 0 Å². The van der Waals surface area contributed by atoms with Crippen molar-refractivity contribution in [3.8, 4) is 0 Å². The van der Waals surface area contributed by atoms with Crippen LogP contribution < -0.4 is 5.73 Å². The summed E-state index contributed by atoms with van der Waals surface area (Å²) in [6.45, 7) is 6.16. The van der Waals surface area contributed by atoms with Crippen molar-refractivity contribution >= 4 is 11.8 Å². The molecule has 16 heavy (non-hydrogen) atoms. The number of halogens is 2. The Kier molecular flexibility index (Phi) is 4.33. The monoisotopic (exact) mass is 245 g/mol. The molecule has 0 saturated carbocycles. The molecule has 0 aliphatic rings. The van der Waals surface area contributed by atoms with Gasteiger partial charge in [-0.2, -0.15) is 0 Å². The van der Waals surface area contributed by atoms with Gasteiger partial charge in [0.2, 0.25) is 0 Å². The molecule has 0 amide bonds. The second-order valence-electron chi connectivity index (χ2n) is 4.64. The van der Waals surface area contributed by atoms with Crippen molar-refractivity contribution in [3.63, 3.8) is 0 Å². The van der Waals surface area contributed by atoms with E-state index in [1.807, 2.05) is 20.8 Å². The average Bonchev–Trinajstić information content (AvgIpc) is 2.10. The van der Waals surface area contributed by atoms with Crippen molar-refractivity contribution in [2.75, 3.05) is 6.54 Å². The zero-order valence-electron chi connectivity index (χ0n) is 9.81. The smallest absolute Gasteiger partial charge is 0.140 e. The van der Waals surface area contributed by atoms with Gasteiger partial charge in [0, 0.05) is 4.75 Å². The molecular formula is C12H17F2NS. The fourth-order valence-electron chi connectivity index (χ4n) is 1.33. The summed E-state index contributed by atoms with van der Waals surface area (Å²) in [6, 6.07) is 2.73. The summed E-state index contributed by atoms with van der Waals surface area (Å²) >= 11 is 1.20. The third-order valence-electron chi connectivity index (χ3n) is 1.90. The van der Waals surface area contributed by atoms with Gasteiger partial charge < -0.3 is 5.73 Å². The molecule has 2 N–H and O–H groups in total. The maximum atomic E-state index is 13.7. The average molecular weight is 245 g/mol. The summed E-state index contributed by atoms with van der Waals surface area (Å²) in [7, 11) is 0. The number of rotatable bonds is 3. The molecule has 0 aliphatic heterocycles. The van der Waals surface area contributed by atoms with E-state index in [9.17, 15) is 8.78 Å². The molecule has 90 valence electrons. The minimum Gasteiger partial charge on any atom is -0.330 e. The Balaban J connectivity index is 3.03. The molecule has 0 heterocycles. The van der Waals surface area contributed by atoms with Crippen LogP contribution in [-0.4, -0.2) is 11.3 Å². The topological polar surface area (TPSA) is 26.0 Å². The van der Waals surface area contributed by atoms with E-state index >= 15 is 0 Å². The lowest BCUT2D eigenvalue weighted by molar-refractivity contribution is 0.535. The molecule has 0 aromatic heterocycles. The van der Waals surface area contributed by atoms with Gasteiger partial charge in [-0.25, -0.2) is 8.78 Å². The summed E-state index contributed by atoms with van der Waals surface area (Å²) in [6.07, 6.45) is 0.494. The summed E-state index contributed by atoms with van der Waals surface area (Å²) in [5.74, 6) is -0.994. The molecule has 4 heteroatoms. The van der Waals surface area contributed by atoms with E-state index in [-0.39, 0.29) is 9.64 Å². The molecule has 0 bridgehead atoms. The molecule has 1 nitrogen and oxygen atoms in total. The third-order valence-corrected chi connectivity index (χ3v) is 3.11. The largest absolute Gasteiger partial charge is 0.330 e. The van der Waals surface area contributed by atoms with E-state index in [1.165, 1.54) is 23.9 Å². The van der Waals surface area contributed by atoms with Crippen LogP contribution in [0.25, 0.3) is 0 Å². The van der Waals surface area contributed by atoms with Crippen LogP contribution in [0.4, 0.5) is 8.78 Å². The molecule has 1 aromatic carbocycles. The van der Waals surface area contributed by atoms with E-state index < -0.39 is 11.6 Å². The van der Waals surface area contributed by atoms with E-state index in [4.69, 9.17) is 5.73 Å². The highest BCUT2D eigenvalue weighted by molar-refractivity contribution is 8.00. The van der Waals surface area contributed by atoms with Crippen LogP contribution >= 0.6 is 11.8 Å². The van der Waals surface area contributed by atoms with Crippen LogP contribution in [0.15, 0.2) is 17.0 Å². The van der Waals surface area contributed by atoms with Gasteiger partial charge in [-0.1, -0.05) is 20.8 Å². The highest BCUT2D eigenvalue weighted by atomic mass is 32.2. The van der Waals surface area contributed by atoms with Gasteiger partial charge in [0.25, 0.3) is 0 Å². The fraction of sp³-hybridized carbons (Fsp3) is 0.500. The van der Waals surface area contributed by atoms with Crippen LogP contribution in [0.5, 0.6) is 0 Å². The molecule has 0 saturated heterocycles. The Bertz CT molecular complexity index is 349. The van der Waals surface area contributed by atoms with Crippen molar-refractivity contribution < 1.29 is 8.78 Å². The van der Waals surface area contributed by atoms with Crippen molar-refractivity contribution in [2.24, 2.45) is 5.73 Å². The predicted octanol–water partition coefficient (Wildman–Crippen LogP) is 3.36. The first-order valence-corrected chi connectivity index (χ1v) is 6.02. The highest BCUT2D eigenvalue weighted by Gasteiger charge is 2.19. The van der Waals surface area contributed by atoms with Gasteiger partial charge in [-0.05, 0) is 30.7 Å². The van der Waals surface area contributed by atoms with Crippen LogP contribution in [0.3, 0.4) is 0 Å². The molecule has 0 spiro atoms. The first-order chi connectivity index (χ1) is 7.33. The third kappa shape index (κ3) is 3.76. The maximum absolute atomic E-state index is 13.7. The Hall–Kier alpha value is -0.610. The lowest BCUT2D eigenvalue weighted by Crippen LogP contribution is -2.09. The van der Waals surface area contributed by atoms with Crippen LogP contribution in [0, 0.1) is 11.6 Å². The lowest BCUT2D eigenvalue weighted by Gasteiger charge is -2.18. The molecule has 1 aromatic rings. The first-order valence-electron chi connectivity index (χ1n) is 5.20. The molecule has 0 aliphatic carbocycles. The number of nitrogens with two attached hydrogens (primary N) is 1. The molecule has 0 atom stereocenters. The fourth-order valence-corrected chi connectivity index (χ4v) is 2.25. The summed E-state index contributed by atoms with van der Waals surface area (Å²) in [5.41, 5.74) is 5.96. The standard InChI is InChI=1S/C12H17F2NS/c1-12(2,3)16-11-9(13)6-8(4-5-15)7-10(11)14/h6-7H,4-5,15H2,1-3H3. The second kappa shape index (κ2) is 5.15. The van der Waals surface area contributed by atoms with Gasteiger partial charge >= 0.3 is 0 Å². The highest BCUT2D eigenvalue weighted by Crippen LogP contribution is 2.35. The zero-order valence-corrected chi connectivity index (χ0v) is 10.6. The minimum absolute atomic E-state index is 0.0910. The second-order valence-corrected chi connectivity index (χ2v) is 6.48. The lowest BCUT2D eigenvalue weighted by atomic mass is 10.1. The van der Waals surface area contributed by atoms with Gasteiger partial charge in [0.1, 0.15) is 11.6 Å². The summed E-state index contributed by atoms with van der Waals surface area (Å²) < 4.78 is 27.1. The molecule has 1 rings (SSSR count). The van der Waals surface area contributed by atoms with E-state index in [2.05, 4.69) is 0 Å². The van der Waals surface area contributed by atoms with Crippen molar-refractivity contribution in [1.82, 2.24) is 0 Å². The van der Waals surface area contributed by atoms with Gasteiger partial charge in [0.05, 0.1) is 4.90 Å². The number of hydrogen-bond acceptors (Lipinski definition) is 2. The van der Waals surface area contributed by atoms with E-state index in [0.717, 1.165) is 0 Å². The van der Waals surface area contributed by atoms with Crippen LogP contribution in [0.1, 0.15) is 26.3 Å². The molecule has 0 fully saturated rings. The van der Waals surface area contributed by atoms with E-state index in [1.54, 1.807) is 0 Å². The zero-order chi connectivity index (χ0) is 12.3. The maximum Gasteiger partial charge on any atom is 0.140 e. The Morgan fingerprint density at radius 2 is 1.69 bits per heavy atom. The van der Waals surface area contributed by atoms with E-state index in [0.29, 0.717) is 18.5 Å². The number of hydrogen-bond donors (Lipinski definition) is 1. The number of benzene rings is 1. The first kappa shape index (κ1) is 13.5. The Morgan fingerprint density at radius 1 is 1.19 bits per heavy atom. The Morgan fingerprint density at radius 3 is 2.06 bits per heavy atom. The SMILES string of the molecule is CC(C)(C)Sc1c(F)cc(CCN)cc1F. The van der Waals surface area contributed by atoms with Crippen LogP contribution in [0.2, 0.25) is 0 Å². The minimum atomic E-state index is -0.497. The van der Waals surface area contributed by atoms with Crippen molar-refractivity contribution in [2.45, 2.75) is 36.8 Å². The number of thioether (sulfide) groups is 1.